The second-order valence-electron chi connectivity index (χ2n) is 4.88. The van der Waals surface area contributed by atoms with Crippen LogP contribution in [0.1, 0.15) is 48.4 Å². The van der Waals surface area contributed by atoms with E-state index in [1.54, 1.807) is 11.3 Å². The predicted molar refractivity (Wildman–Crippen MR) is 92.2 cm³/mol. The van der Waals surface area contributed by atoms with Crippen molar-refractivity contribution in [2.75, 3.05) is 0 Å². The van der Waals surface area contributed by atoms with Gasteiger partial charge < -0.3 is 11.1 Å². The molecule has 1 aliphatic carbocycles. The summed E-state index contributed by atoms with van der Waals surface area (Å²) in [6.07, 6.45) is 9.64. The van der Waals surface area contributed by atoms with Gasteiger partial charge in [-0.1, -0.05) is 25.7 Å². The molecule has 0 aromatic carbocycles. The Morgan fingerprint density at radius 1 is 1.42 bits per heavy atom. The van der Waals surface area contributed by atoms with Crippen molar-refractivity contribution in [2.24, 2.45) is 10.7 Å². The average Bonchev–Trinajstić information content (AvgIpc) is 2.60. The normalized spacial score (nSPS) is 17.6. The smallest absolute Gasteiger partial charge is 0.189 e. The lowest BCUT2D eigenvalue weighted by Crippen LogP contribution is -2.39. The first-order valence-corrected chi connectivity index (χ1v) is 7.53. The van der Waals surface area contributed by atoms with Crippen LogP contribution in [0.25, 0.3) is 0 Å². The molecule has 0 saturated heterocycles. The molecule has 0 amide bonds. The summed E-state index contributed by atoms with van der Waals surface area (Å²) in [6.45, 7) is 2.64. The summed E-state index contributed by atoms with van der Waals surface area (Å²) in [5.41, 5.74) is 5.93. The highest BCUT2D eigenvalue weighted by molar-refractivity contribution is 14.0. The van der Waals surface area contributed by atoms with E-state index in [0.29, 0.717) is 18.5 Å². The van der Waals surface area contributed by atoms with Crippen molar-refractivity contribution in [1.29, 1.82) is 0 Å². The third-order valence-corrected chi connectivity index (χ3v) is 4.18. The number of nitrogens with zero attached hydrogens (tertiary/aromatic N) is 2. The lowest BCUT2D eigenvalue weighted by molar-refractivity contribution is 0.530. The summed E-state index contributed by atoms with van der Waals surface area (Å²) in [5.74, 6) is 0.577. The van der Waals surface area contributed by atoms with Gasteiger partial charge in [0.15, 0.2) is 5.96 Å². The van der Waals surface area contributed by atoms with Gasteiger partial charge in [0.25, 0.3) is 0 Å². The first-order chi connectivity index (χ1) is 8.74. The number of rotatable bonds is 3. The highest BCUT2D eigenvalue weighted by atomic mass is 127. The van der Waals surface area contributed by atoms with Crippen LogP contribution in [0.2, 0.25) is 0 Å². The van der Waals surface area contributed by atoms with Crippen molar-refractivity contribution in [3.05, 3.63) is 16.1 Å². The molecule has 0 spiro atoms. The van der Waals surface area contributed by atoms with Gasteiger partial charge in [-0.05, 0) is 19.8 Å². The molecule has 0 radical (unpaired) electrons. The van der Waals surface area contributed by atoms with E-state index in [4.69, 9.17) is 5.73 Å². The number of hydrogen-bond donors (Lipinski definition) is 2. The zero-order chi connectivity index (χ0) is 12.8. The molecule has 0 bridgehead atoms. The quantitative estimate of drug-likeness (QED) is 0.358. The van der Waals surface area contributed by atoms with Crippen LogP contribution in [0.5, 0.6) is 0 Å². The van der Waals surface area contributed by atoms with E-state index in [1.165, 1.54) is 38.5 Å². The van der Waals surface area contributed by atoms with E-state index < -0.39 is 0 Å². The number of nitrogens with one attached hydrogen (secondary N) is 1. The van der Waals surface area contributed by atoms with Crippen LogP contribution >= 0.6 is 35.3 Å². The fourth-order valence-corrected chi connectivity index (χ4v) is 3.04. The van der Waals surface area contributed by atoms with Crippen molar-refractivity contribution < 1.29 is 0 Å². The molecule has 1 fully saturated rings. The van der Waals surface area contributed by atoms with Gasteiger partial charge in [-0.2, -0.15) is 0 Å². The number of halogens is 1. The zero-order valence-corrected chi connectivity index (χ0v) is 14.5. The van der Waals surface area contributed by atoms with Crippen LogP contribution in [0.4, 0.5) is 0 Å². The molecule has 108 valence electrons. The molecule has 1 aliphatic rings. The molecule has 6 heteroatoms. The van der Waals surface area contributed by atoms with Crippen molar-refractivity contribution >= 4 is 41.3 Å². The Bertz CT molecular complexity index is 397. The van der Waals surface area contributed by atoms with E-state index in [-0.39, 0.29) is 24.0 Å². The monoisotopic (exact) mass is 394 g/mol. The van der Waals surface area contributed by atoms with Gasteiger partial charge in [0.1, 0.15) is 0 Å². The Balaban J connectivity index is 0.00000180. The standard InChI is InChI=1S/C13H22N4S.HI/c1-10-15-8-12(18-10)9-16-13(14)17-11-6-4-2-3-5-7-11;/h8,11H,2-7,9H2,1H3,(H3,14,16,17);1H. The fourth-order valence-electron chi connectivity index (χ4n) is 2.32. The van der Waals surface area contributed by atoms with Gasteiger partial charge in [-0.15, -0.1) is 35.3 Å². The summed E-state index contributed by atoms with van der Waals surface area (Å²) in [6, 6.07) is 0.513. The van der Waals surface area contributed by atoms with Gasteiger partial charge in [-0.3, -0.25) is 0 Å². The van der Waals surface area contributed by atoms with Crippen molar-refractivity contribution in [2.45, 2.75) is 58.0 Å². The molecule has 1 aromatic rings. The molecule has 0 atom stereocenters. The maximum absolute atomic E-state index is 5.93. The van der Waals surface area contributed by atoms with Crippen LogP contribution in [-0.4, -0.2) is 17.0 Å². The predicted octanol–water partition coefficient (Wildman–Crippen LogP) is 3.20. The van der Waals surface area contributed by atoms with Crippen LogP contribution in [0, 0.1) is 6.92 Å². The summed E-state index contributed by atoms with van der Waals surface area (Å²) in [5, 5.41) is 4.43. The van der Waals surface area contributed by atoms with E-state index in [2.05, 4.69) is 15.3 Å². The molecule has 1 saturated carbocycles. The Hall–Kier alpha value is -0.370. The van der Waals surface area contributed by atoms with Gasteiger partial charge in [0.05, 0.1) is 11.6 Å². The van der Waals surface area contributed by atoms with Crippen LogP contribution in [-0.2, 0) is 6.54 Å². The topological polar surface area (TPSA) is 63.3 Å². The first kappa shape index (κ1) is 16.7. The third kappa shape index (κ3) is 6.07. The Kier molecular flexibility index (Phi) is 7.67. The van der Waals surface area contributed by atoms with Crippen LogP contribution in [0.15, 0.2) is 11.2 Å². The molecule has 1 aromatic heterocycles. The summed E-state index contributed by atoms with van der Waals surface area (Å²) in [4.78, 5) is 9.76. The molecule has 1 heterocycles. The molecule has 4 nitrogen and oxygen atoms in total. The minimum absolute atomic E-state index is 0. The number of aryl methyl sites for hydroxylation is 1. The maximum Gasteiger partial charge on any atom is 0.189 e. The van der Waals surface area contributed by atoms with Crippen LogP contribution in [0.3, 0.4) is 0 Å². The van der Waals surface area contributed by atoms with Crippen molar-refractivity contribution in [1.82, 2.24) is 10.3 Å². The minimum atomic E-state index is 0. The number of hydrogen-bond acceptors (Lipinski definition) is 3. The SMILES string of the molecule is Cc1ncc(CN=C(N)NC2CCCCCC2)s1.I. The van der Waals surface area contributed by atoms with Gasteiger partial charge in [0, 0.05) is 17.1 Å². The van der Waals surface area contributed by atoms with Crippen LogP contribution < -0.4 is 11.1 Å². The molecule has 0 unspecified atom stereocenters. The summed E-state index contributed by atoms with van der Waals surface area (Å²) < 4.78 is 0. The molecule has 2 rings (SSSR count). The Morgan fingerprint density at radius 2 is 2.11 bits per heavy atom. The van der Waals surface area contributed by atoms with E-state index in [1.807, 2.05) is 13.1 Å². The number of aromatic nitrogens is 1. The maximum atomic E-state index is 5.93. The highest BCUT2D eigenvalue weighted by Crippen LogP contribution is 2.17. The molecule has 0 aliphatic heterocycles. The lowest BCUT2D eigenvalue weighted by Gasteiger charge is -2.16. The molecular weight excluding hydrogens is 371 g/mol. The molecular formula is C13H23IN4S. The highest BCUT2D eigenvalue weighted by Gasteiger charge is 2.12. The van der Waals surface area contributed by atoms with E-state index >= 15 is 0 Å². The van der Waals surface area contributed by atoms with Gasteiger partial charge in [0.2, 0.25) is 0 Å². The molecule has 3 N–H and O–H groups in total. The number of nitrogens with two attached hydrogens (primary N) is 1. The zero-order valence-electron chi connectivity index (χ0n) is 11.4. The van der Waals surface area contributed by atoms with Gasteiger partial charge >= 0.3 is 0 Å². The first-order valence-electron chi connectivity index (χ1n) is 6.72. The minimum Gasteiger partial charge on any atom is -0.370 e. The van der Waals surface area contributed by atoms with Crippen molar-refractivity contribution in [3.63, 3.8) is 0 Å². The molecule has 19 heavy (non-hydrogen) atoms. The number of aliphatic imine (C=N–C) groups is 1. The largest absolute Gasteiger partial charge is 0.370 e. The van der Waals surface area contributed by atoms with Crippen molar-refractivity contribution in [3.8, 4) is 0 Å². The number of guanidine groups is 1. The van der Waals surface area contributed by atoms with E-state index in [9.17, 15) is 0 Å². The second-order valence-corrected chi connectivity index (χ2v) is 6.20. The van der Waals surface area contributed by atoms with E-state index in [0.717, 1.165) is 9.88 Å². The second kappa shape index (κ2) is 8.73. The average molecular weight is 394 g/mol. The lowest BCUT2D eigenvalue weighted by atomic mass is 10.1. The summed E-state index contributed by atoms with van der Waals surface area (Å²) in [7, 11) is 0. The van der Waals surface area contributed by atoms with Gasteiger partial charge in [-0.25, -0.2) is 9.98 Å². The Labute approximate surface area is 136 Å². The Morgan fingerprint density at radius 3 is 2.68 bits per heavy atom. The summed E-state index contributed by atoms with van der Waals surface area (Å²) >= 11 is 1.68. The third-order valence-electron chi connectivity index (χ3n) is 3.28. The number of thiazole rings is 1. The fraction of sp³-hybridized carbons (Fsp3) is 0.692.